The topological polar surface area (TPSA) is 75.0 Å². The molecule has 2 heterocycles. The second-order valence-electron chi connectivity index (χ2n) is 8.49. The average Bonchev–Trinajstić information content (AvgIpc) is 3.38. The van der Waals surface area contributed by atoms with Gasteiger partial charge in [-0.15, -0.1) is 0 Å². The molecule has 1 aliphatic rings. The van der Waals surface area contributed by atoms with Gasteiger partial charge in [0.1, 0.15) is 5.75 Å². The summed E-state index contributed by atoms with van der Waals surface area (Å²) in [6.45, 7) is 7.58. The largest absolute Gasteiger partial charge is 0.493 e. The van der Waals surface area contributed by atoms with E-state index in [1.807, 2.05) is 41.3 Å². The summed E-state index contributed by atoms with van der Waals surface area (Å²) in [7, 11) is 0. The summed E-state index contributed by atoms with van der Waals surface area (Å²) in [5.74, 6) is 1.35. The number of carbonyl (C=O) groups is 2. The zero-order valence-corrected chi connectivity index (χ0v) is 19.0. The molecule has 0 aliphatic carbocycles. The molecule has 0 saturated carbocycles. The first-order valence-corrected chi connectivity index (χ1v) is 11.2. The minimum Gasteiger partial charge on any atom is -0.493 e. The van der Waals surface area contributed by atoms with Crippen LogP contribution < -0.4 is 15.0 Å². The van der Waals surface area contributed by atoms with Crippen molar-refractivity contribution in [3.05, 3.63) is 78.3 Å². The van der Waals surface area contributed by atoms with Crippen LogP contribution in [0.1, 0.15) is 34.8 Å². The van der Waals surface area contributed by atoms with Crippen LogP contribution >= 0.6 is 0 Å². The van der Waals surface area contributed by atoms with E-state index in [0.717, 1.165) is 30.2 Å². The highest BCUT2D eigenvalue weighted by Crippen LogP contribution is 2.21. The third kappa shape index (κ3) is 5.74. The van der Waals surface area contributed by atoms with Gasteiger partial charge in [0, 0.05) is 43.1 Å². The van der Waals surface area contributed by atoms with Crippen LogP contribution in [0, 0.1) is 5.92 Å². The van der Waals surface area contributed by atoms with E-state index in [-0.39, 0.29) is 11.8 Å². The molecule has 1 fully saturated rings. The first kappa shape index (κ1) is 22.5. The number of nitrogens with zero attached hydrogens (tertiary/aromatic N) is 2. The Labute approximate surface area is 193 Å². The third-order valence-electron chi connectivity index (χ3n) is 5.49. The molecular weight excluding hydrogens is 418 g/mol. The number of benzene rings is 2. The number of ether oxygens (including phenoxy) is 1. The number of hydrogen-bond acceptors (Lipinski definition) is 5. The van der Waals surface area contributed by atoms with E-state index < -0.39 is 0 Å². The van der Waals surface area contributed by atoms with Crippen molar-refractivity contribution >= 4 is 23.2 Å². The zero-order chi connectivity index (χ0) is 23.2. The molecule has 0 bridgehead atoms. The van der Waals surface area contributed by atoms with Crippen molar-refractivity contribution in [2.45, 2.75) is 13.8 Å². The summed E-state index contributed by atoms with van der Waals surface area (Å²) in [6.07, 6.45) is 1.52. The quantitative estimate of drug-likeness (QED) is 0.576. The lowest BCUT2D eigenvalue weighted by Gasteiger charge is -2.35. The van der Waals surface area contributed by atoms with E-state index in [1.165, 1.54) is 6.26 Å². The molecule has 0 unspecified atom stereocenters. The lowest BCUT2D eigenvalue weighted by molar-refractivity contribution is 0.0714. The molecule has 2 aromatic carbocycles. The first-order chi connectivity index (χ1) is 16.0. The van der Waals surface area contributed by atoms with E-state index in [4.69, 9.17) is 9.15 Å². The number of rotatable bonds is 7. The lowest BCUT2D eigenvalue weighted by atomic mass is 10.2. The predicted molar refractivity (Wildman–Crippen MR) is 128 cm³/mol. The highest BCUT2D eigenvalue weighted by atomic mass is 16.5. The number of piperazine rings is 1. The van der Waals surface area contributed by atoms with Gasteiger partial charge in [0.25, 0.3) is 11.8 Å². The molecular formula is C26H29N3O4. The van der Waals surface area contributed by atoms with Gasteiger partial charge in [-0.05, 0) is 66.6 Å². The van der Waals surface area contributed by atoms with Gasteiger partial charge >= 0.3 is 0 Å². The molecule has 0 atom stereocenters. The van der Waals surface area contributed by atoms with Crippen LogP contribution in [0.25, 0.3) is 0 Å². The van der Waals surface area contributed by atoms with Crippen molar-refractivity contribution < 1.29 is 18.7 Å². The SMILES string of the molecule is CC(C)COc1ccc(C(=O)Nc2ccc(N3CCN(C(=O)c4ccco4)CC3)cc2)cc1. The van der Waals surface area contributed by atoms with Crippen LogP contribution in [0.2, 0.25) is 0 Å². The first-order valence-electron chi connectivity index (χ1n) is 11.2. The zero-order valence-electron chi connectivity index (χ0n) is 19.0. The molecule has 2 amide bonds. The minimum absolute atomic E-state index is 0.0720. The molecule has 7 heteroatoms. The number of anilines is 2. The van der Waals surface area contributed by atoms with Crippen LogP contribution in [-0.2, 0) is 0 Å². The van der Waals surface area contributed by atoms with E-state index in [1.54, 1.807) is 24.3 Å². The second-order valence-corrected chi connectivity index (χ2v) is 8.49. The monoisotopic (exact) mass is 447 g/mol. The molecule has 4 rings (SSSR count). The summed E-state index contributed by atoms with van der Waals surface area (Å²) >= 11 is 0. The summed E-state index contributed by atoms with van der Waals surface area (Å²) in [6, 6.07) is 18.4. The van der Waals surface area contributed by atoms with E-state index in [0.29, 0.717) is 36.9 Å². The third-order valence-corrected chi connectivity index (χ3v) is 5.49. The van der Waals surface area contributed by atoms with Crippen molar-refractivity contribution in [3.8, 4) is 5.75 Å². The van der Waals surface area contributed by atoms with Crippen molar-refractivity contribution in [2.75, 3.05) is 43.0 Å². The fraction of sp³-hybridized carbons (Fsp3) is 0.308. The summed E-state index contributed by atoms with van der Waals surface area (Å²) in [5, 5.41) is 2.93. The molecule has 1 aliphatic heterocycles. The van der Waals surface area contributed by atoms with Crippen LogP contribution in [0.3, 0.4) is 0 Å². The fourth-order valence-electron chi connectivity index (χ4n) is 3.65. The smallest absolute Gasteiger partial charge is 0.289 e. The van der Waals surface area contributed by atoms with Gasteiger partial charge in [0.2, 0.25) is 0 Å². The van der Waals surface area contributed by atoms with E-state index in [2.05, 4.69) is 24.1 Å². The maximum Gasteiger partial charge on any atom is 0.289 e. The van der Waals surface area contributed by atoms with Crippen molar-refractivity contribution in [1.82, 2.24) is 4.90 Å². The highest BCUT2D eigenvalue weighted by Gasteiger charge is 2.23. The van der Waals surface area contributed by atoms with Gasteiger partial charge in [0.05, 0.1) is 12.9 Å². The second kappa shape index (κ2) is 10.3. The number of furan rings is 1. The van der Waals surface area contributed by atoms with Crippen molar-refractivity contribution in [3.63, 3.8) is 0 Å². The molecule has 7 nitrogen and oxygen atoms in total. The van der Waals surface area contributed by atoms with Gasteiger partial charge in [-0.1, -0.05) is 13.8 Å². The predicted octanol–water partition coefficient (Wildman–Crippen LogP) is 4.53. The Kier molecular flexibility index (Phi) is 6.98. The molecule has 1 aromatic heterocycles. The maximum atomic E-state index is 12.6. The molecule has 1 N–H and O–H groups in total. The Morgan fingerprint density at radius 3 is 2.27 bits per heavy atom. The van der Waals surface area contributed by atoms with Crippen molar-refractivity contribution in [2.24, 2.45) is 5.92 Å². The van der Waals surface area contributed by atoms with Crippen LogP contribution in [0.15, 0.2) is 71.3 Å². The van der Waals surface area contributed by atoms with Crippen molar-refractivity contribution in [1.29, 1.82) is 0 Å². The minimum atomic E-state index is -0.164. The molecule has 0 radical (unpaired) electrons. The number of carbonyl (C=O) groups excluding carboxylic acids is 2. The summed E-state index contributed by atoms with van der Waals surface area (Å²) in [4.78, 5) is 29.0. The van der Waals surface area contributed by atoms with Gasteiger partial charge in [-0.2, -0.15) is 0 Å². The average molecular weight is 448 g/mol. The Balaban J connectivity index is 1.29. The van der Waals surface area contributed by atoms with E-state index >= 15 is 0 Å². The maximum absolute atomic E-state index is 12.6. The molecule has 172 valence electrons. The fourth-order valence-corrected chi connectivity index (χ4v) is 3.65. The Hall–Kier alpha value is -3.74. The standard InChI is InChI=1S/C26H29N3O4/c1-19(2)18-33-23-11-5-20(6-12-23)25(30)27-21-7-9-22(10-8-21)28-13-15-29(16-14-28)26(31)24-4-3-17-32-24/h3-12,17,19H,13-16,18H2,1-2H3,(H,27,30). The van der Waals surface area contributed by atoms with E-state index in [9.17, 15) is 9.59 Å². The molecule has 33 heavy (non-hydrogen) atoms. The number of hydrogen-bond donors (Lipinski definition) is 1. The normalized spacial score (nSPS) is 13.8. The van der Waals surface area contributed by atoms with Gasteiger partial charge in [-0.3, -0.25) is 9.59 Å². The number of nitrogens with one attached hydrogen (secondary N) is 1. The van der Waals surface area contributed by atoms with Crippen LogP contribution in [0.4, 0.5) is 11.4 Å². The lowest BCUT2D eigenvalue weighted by Crippen LogP contribution is -2.48. The van der Waals surface area contributed by atoms with Crippen LogP contribution in [0.5, 0.6) is 5.75 Å². The summed E-state index contributed by atoms with van der Waals surface area (Å²) < 4.78 is 10.9. The summed E-state index contributed by atoms with van der Waals surface area (Å²) in [5.41, 5.74) is 2.37. The van der Waals surface area contributed by atoms with Gasteiger partial charge < -0.3 is 24.3 Å². The van der Waals surface area contributed by atoms with Gasteiger partial charge in [-0.25, -0.2) is 0 Å². The highest BCUT2D eigenvalue weighted by molar-refractivity contribution is 6.04. The molecule has 1 saturated heterocycles. The molecule has 3 aromatic rings. The Bertz CT molecular complexity index is 1050. The Morgan fingerprint density at radius 2 is 1.67 bits per heavy atom. The Morgan fingerprint density at radius 1 is 0.970 bits per heavy atom. The number of amides is 2. The molecule has 0 spiro atoms. The van der Waals surface area contributed by atoms with Gasteiger partial charge in [0.15, 0.2) is 5.76 Å². The van der Waals surface area contributed by atoms with Crippen LogP contribution in [-0.4, -0.2) is 49.5 Å².